The average Bonchev–Trinajstić information content (AvgIpc) is 2.97. The normalized spacial score (nSPS) is 21.0. The van der Waals surface area contributed by atoms with Crippen LogP contribution in [0.2, 0.25) is 0 Å². The van der Waals surface area contributed by atoms with Gasteiger partial charge >= 0.3 is 0 Å². The van der Waals surface area contributed by atoms with Crippen molar-refractivity contribution in [1.82, 2.24) is 24.6 Å². The van der Waals surface area contributed by atoms with Crippen LogP contribution >= 0.6 is 0 Å². The highest BCUT2D eigenvalue weighted by Crippen LogP contribution is 2.27. The van der Waals surface area contributed by atoms with Gasteiger partial charge in [-0.25, -0.2) is 0 Å². The van der Waals surface area contributed by atoms with Crippen molar-refractivity contribution in [2.24, 2.45) is 0 Å². The third kappa shape index (κ3) is 4.05. The second-order valence-electron chi connectivity index (χ2n) is 7.95. The maximum Gasteiger partial charge on any atom is 0.219 e. The first-order valence-corrected chi connectivity index (χ1v) is 10.1. The smallest absolute Gasteiger partial charge is 0.219 e. The summed E-state index contributed by atoms with van der Waals surface area (Å²) in [4.78, 5) is 16.2. The molecule has 1 aromatic carbocycles. The van der Waals surface area contributed by atoms with Gasteiger partial charge in [0.05, 0.1) is 0 Å². The van der Waals surface area contributed by atoms with E-state index in [0.717, 1.165) is 70.2 Å². The van der Waals surface area contributed by atoms with Gasteiger partial charge in [-0.2, -0.15) is 0 Å². The summed E-state index contributed by atoms with van der Waals surface area (Å²) >= 11 is 0. The predicted molar refractivity (Wildman–Crippen MR) is 104 cm³/mol. The molecule has 6 heteroatoms. The second-order valence-corrected chi connectivity index (χ2v) is 7.95. The number of aryl methyl sites for hydroxylation is 1. The summed E-state index contributed by atoms with van der Waals surface area (Å²) in [7, 11) is 0. The van der Waals surface area contributed by atoms with Gasteiger partial charge in [0, 0.05) is 58.5 Å². The topological polar surface area (TPSA) is 54.3 Å². The Bertz CT molecular complexity index is 815. The van der Waals surface area contributed by atoms with E-state index in [-0.39, 0.29) is 5.91 Å². The largest absolute Gasteiger partial charge is 0.342 e. The third-order valence-electron chi connectivity index (χ3n) is 5.87. The van der Waals surface area contributed by atoms with E-state index in [1.165, 1.54) is 11.1 Å². The molecule has 0 saturated carbocycles. The number of nitrogens with zero attached hydrogens (tertiary/aromatic N) is 5. The van der Waals surface area contributed by atoms with Gasteiger partial charge < -0.3 is 9.47 Å². The van der Waals surface area contributed by atoms with E-state index in [1.807, 2.05) is 4.90 Å². The lowest BCUT2D eigenvalue weighted by molar-refractivity contribution is -0.130. The van der Waals surface area contributed by atoms with E-state index < -0.39 is 0 Å². The number of carbonyl (C=O) groups excluding carboxylic acids is 1. The molecule has 1 atom stereocenters. The number of piperidine rings is 1. The van der Waals surface area contributed by atoms with Gasteiger partial charge in [-0.3, -0.25) is 9.69 Å². The first-order valence-electron chi connectivity index (χ1n) is 10.1. The Morgan fingerprint density at radius 1 is 1.19 bits per heavy atom. The molecule has 0 unspecified atom stereocenters. The zero-order valence-corrected chi connectivity index (χ0v) is 16.4. The van der Waals surface area contributed by atoms with E-state index in [1.54, 1.807) is 6.92 Å². The van der Waals surface area contributed by atoms with Crippen molar-refractivity contribution in [3.63, 3.8) is 0 Å². The number of amides is 1. The van der Waals surface area contributed by atoms with Crippen LogP contribution < -0.4 is 0 Å². The summed E-state index contributed by atoms with van der Waals surface area (Å²) in [6, 6.07) is 8.77. The number of likely N-dealkylation sites (tertiary alicyclic amines) is 1. The molecule has 2 aromatic rings. The molecule has 0 bridgehead atoms. The van der Waals surface area contributed by atoms with Crippen molar-refractivity contribution in [3.8, 4) is 0 Å². The van der Waals surface area contributed by atoms with E-state index in [4.69, 9.17) is 0 Å². The number of carbonyl (C=O) groups is 1. The fourth-order valence-electron chi connectivity index (χ4n) is 4.39. The highest BCUT2D eigenvalue weighted by atomic mass is 16.2. The average molecular weight is 367 g/mol. The highest BCUT2D eigenvalue weighted by Gasteiger charge is 2.29. The molecule has 4 rings (SSSR count). The molecule has 1 aromatic heterocycles. The van der Waals surface area contributed by atoms with Crippen molar-refractivity contribution in [1.29, 1.82) is 0 Å². The lowest BCUT2D eigenvalue weighted by Crippen LogP contribution is -2.38. The molecule has 0 spiro atoms. The van der Waals surface area contributed by atoms with Crippen molar-refractivity contribution in [2.45, 2.75) is 52.1 Å². The summed E-state index contributed by atoms with van der Waals surface area (Å²) in [6.45, 7) is 9.39. The van der Waals surface area contributed by atoms with Crippen LogP contribution in [0.4, 0.5) is 0 Å². The van der Waals surface area contributed by atoms with E-state index in [2.05, 4.69) is 50.9 Å². The molecular weight excluding hydrogens is 338 g/mol. The first kappa shape index (κ1) is 18.2. The van der Waals surface area contributed by atoms with Crippen LogP contribution in [0.5, 0.6) is 0 Å². The molecule has 6 nitrogen and oxygen atoms in total. The van der Waals surface area contributed by atoms with Crippen LogP contribution in [0, 0.1) is 6.92 Å². The quantitative estimate of drug-likeness (QED) is 0.836. The lowest BCUT2D eigenvalue weighted by atomic mass is 9.97. The molecule has 0 radical (unpaired) electrons. The maximum atomic E-state index is 11.8. The minimum atomic E-state index is 0.166. The number of benzene rings is 1. The third-order valence-corrected chi connectivity index (χ3v) is 5.87. The van der Waals surface area contributed by atoms with Crippen molar-refractivity contribution >= 4 is 5.91 Å². The summed E-state index contributed by atoms with van der Waals surface area (Å²) in [5.74, 6) is 2.65. The molecule has 1 amide bonds. The van der Waals surface area contributed by atoms with Gasteiger partial charge in [0.2, 0.25) is 5.91 Å². The Balaban J connectivity index is 1.45. The van der Waals surface area contributed by atoms with E-state index in [0.29, 0.717) is 5.92 Å². The SMILES string of the molecule is CC(=O)N1CCC[C@@H](c2nnc3n2CCN(Cc2cccc(C)c2)CC3)C1. The maximum absolute atomic E-state index is 11.8. The van der Waals surface area contributed by atoms with Crippen molar-refractivity contribution in [3.05, 3.63) is 47.0 Å². The number of rotatable bonds is 3. The van der Waals surface area contributed by atoms with Crippen LogP contribution in [0.3, 0.4) is 0 Å². The molecule has 3 heterocycles. The van der Waals surface area contributed by atoms with Crippen LogP contribution in [-0.4, -0.2) is 56.7 Å². The second kappa shape index (κ2) is 7.80. The van der Waals surface area contributed by atoms with Crippen LogP contribution in [0.25, 0.3) is 0 Å². The summed E-state index contributed by atoms with van der Waals surface area (Å²) in [6.07, 6.45) is 3.07. The van der Waals surface area contributed by atoms with Crippen molar-refractivity contribution < 1.29 is 4.79 Å². The van der Waals surface area contributed by atoms with Gasteiger partial charge in [-0.05, 0) is 25.3 Å². The van der Waals surface area contributed by atoms with Crippen LogP contribution in [-0.2, 0) is 24.3 Å². The Morgan fingerprint density at radius 3 is 2.89 bits per heavy atom. The van der Waals surface area contributed by atoms with Gasteiger partial charge in [0.25, 0.3) is 0 Å². The number of fused-ring (bicyclic) bond motifs is 1. The van der Waals surface area contributed by atoms with E-state index in [9.17, 15) is 4.79 Å². The zero-order chi connectivity index (χ0) is 18.8. The van der Waals surface area contributed by atoms with Crippen molar-refractivity contribution in [2.75, 3.05) is 26.2 Å². The fraction of sp³-hybridized carbons (Fsp3) is 0.571. The first-order chi connectivity index (χ1) is 13.1. The Hall–Kier alpha value is -2.21. The molecule has 0 N–H and O–H groups in total. The molecule has 1 fully saturated rings. The molecule has 1 saturated heterocycles. The van der Waals surface area contributed by atoms with Gasteiger partial charge in [-0.1, -0.05) is 29.8 Å². The van der Waals surface area contributed by atoms with Gasteiger partial charge in [0.1, 0.15) is 11.6 Å². The molecule has 2 aliphatic heterocycles. The van der Waals surface area contributed by atoms with Gasteiger partial charge in [0.15, 0.2) is 0 Å². The molecule has 2 aliphatic rings. The minimum Gasteiger partial charge on any atom is -0.342 e. The zero-order valence-electron chi connectivity index (χ0n) is 16.4. The number of hydrogen-bond donors (Lipinski definition) is 0. The Labute approximate surface area is 161 Å². The summed E-state index contributed by atoms with van der Waals surface area (Å²) in [5.41, 5.74) is 2.69. The Morgan fingerprint density at radius 2 is 2.07 bits per heavy atom. The molecule has 0 aliphatic carbocycles. The monoisotopic (exact) mass is 367 g/mol. The van der Waals surface area contributed by atoms with Gasteiger partial charge in [-0.15, -0.1) is 10.2 Å². The Kier molecular flexibility index (Phi) is 5.25. The van der Waals surface area contributed by atoms with E-state index >= 15 is 0 Å². The van der Waals surface area contributed by atoms with Crippen LogP contribution in [0.15, 0.2) is 24.3 Å². The highest BCUT2D eigenvalue weighted by molar-refractivity contribution is 5.73. The number of hydrogen-bond acceptors (Lipinski definition) is 4. The fourth-order valence-corrected chi connectivity index (χ4v) is 4.39. The molecular formula is C21H29N5O. The predicted octanol–water partition coefficient (Wildman–Crippen LogP) is 2.37. The molecule has 144 valence electrons. The van der Waals surface area contributed by atoms with Crippen LogP contribution in [0.1, 0.15) is 48.5 Å². The standard InChI is InChI=1S/C21H29N5O/c1-16-5-3-6-18(13-16)14-24-10-8-20-22-23-21(26(20)12-11-24)19-7-4-9-25(15-19)17(2)27/h3,5-6,13,19H,4,7-12,14-15H2,1-2H3/t19-/m1/s1. The summed E-state index contributed by atoms with van der Waals surface area (Å²) < 4.78 is 2.32. The molecule has 27 heavy (non-hydrogen) atoms. The number of aromatic nitrogens is 3. The lowest BCUT2D eigenvalue weighted by Gasteiger charge is -2.31. The minimum absolute atomic E-state index is 0.166. The summed E-state index contributed by atoms with van der Waals surface area (Å²) in [5, 5.41) is 9.03.